The summed E-state index contributed by atoms with van der Waals surface area (Å²) in [5.74, 6) is 0. The maximum Gasteiger partial charge on any atom is 0.0540 e. The number of rotatable bonds is 9. The minimum Gasteiger partial charge on any atom is -0.310 e. The van der Waals surface area contributed by atoms with Crippen molar-refractivity contribution >= 4 is 97.1 Å². The van der Waals surface area contributed by atoms with Crippen LogP contribution >= 0.6 is 22.7 Å². The van der Waals surface area contributed by atoms with Gasteiger partial charge in [-0.15, -0.1) is 22.7 Å². The fraction of sp³-hybridized carbons (Fsp3) is 0.100. The van der Waals surface area contributed by atoms with Crippen molar-refractivity contribution in [1.82, 2.24) is 0 Å². The molecule has 0 aliphatic heterocycles. The first-order valence-electron chi connectivity index (χ1n) is 29.3. The largest absolute Gasteiger partial charge is 0.310 e. The molecule has 0 atom stereocenters. The summed E-state index contributed by atoms with van der Waals surface area (Å²) in [6.45, 7) is 14.1. The van der Waals surface area contributed by atoms with Gasteiger partial charge in [-0.25, -0.2) is 0 Å². The van der Waals surface area contributed by atoms with Gasteiger partial charge in [0, 0.05) is 96.2 Å². The van der Waals surface area contributed by atoms with Gasteiger partial charge in [-0.1, -0.05) is 210 Å². The second-order valence-corrected chi connectivity index (χ2v) is 26.2. The van der Waals surface area contributed by atoms with Gasteiger partial charge in [-0.05, 0) is 153 Å². The Balaban J connectivity index is 0.837. The molecule has 12 aromatic carbocycles. The molecule has 16 rings (SSSR count). The minimum atomic E-state index is -0.160. The number of thiophene rings is 2. The molecule has 2 nitrogen and oxygen atoms in total. The van der Waals surface area contributed by atoms with E-state index in [2.05, 4.69) is 306 Å². The maximum absolute atomic E-state index is 2.53. The molecule has 2 aromatic heterocycles. The van der Waals surface area contributed by atoms with Crippen LogP contribution in [0.2, 0.25) is 0 Å². The zero-order valence-electron chi connectivity index (χ0n) is 48.0. The number of nitrogens with zero attached hydrogens (tertiary/aromatic N) is 2. The lowest BCUT2D eigenvalue weighted by atomic mass is 9.82. The van der Waals surface area contributed by atoms with Crippen molar-refractivity contribution in [2.75, 3.05) is 9.80 Å². The number of fused-ring (bicyclic) bond motifs is 12. The summed E-state index contributed by atoms with van der Waals surface area (Å²) in [7, 11) is 0. The van der Waals surface area contributed by atoms with Crippen molar-refractivity contribution in [2.45, 2.75) is 52.4 Å². The Morgan fingerprint density at radius 3 is 1.07 bits per heavy atom. The summed E-state index contributed by atoms with van der Waals surface area (Å²) in [4.78, 5) is 5.05. The predicted molar refractivity (Wildman–Crippen MR) is 362 cm³/mol. The third-order valence-electron chi connectivity index (χ3n) is 18.5. The van der Waals surface area contributed by atoms with Crippen LogP contribution in [0.4, 0.5) is 34.1 Å². The van der Waals surface area contributed by atoms with Crippen LogP contribution in [0.25, 0.3) is 96.0 Å². The van der Waals surface area contributed by atoms with Gasteiger partial charge in [0.2, 0.25) is 0 Å². The highest BCUT2D eigenvalue weighted by Crippen LogP contribution is 2.55. The number of aryl methyl sites for hydroxylation is 2. The van der Waals surface area contributed by atoms with Crippen LogP contribution in [0.5, 0.6) is 0 Å². The van der Waals surface area contributed by atoms with Crippen molar-refractivity contribution in [3.63, 3.8) is 0 Å². The quantitative estimate of drug-likeness (QED) is 0.142. The lowest BCUT2D eigenvalue weighted by Crippen LogP contribution is -2.17. The van der Waals surface area contributed by atoms with Crippen molar-refractivity contribution in [3.05, 3.63) is 288 Å². The molecule has 2 aliphatic rings. The average molecular weight is 1110 g/mol. The highest BCUT2D eigenvalue weighted by atomic mass is 32.1. The van der Waals surface area contributed by atoms with E-state index in [-0.39, 0.29) is 10.8 Å². The number of anilines is 6. The molecule has 0 N–H and O–H groups in total. The van der Waals surface area contributed by atoms with Crippen molar-refractivity contribution in [1.29, 1.82) is 0 Å². The van der Waals surface area contributed by atoms with Gasteiger partial charge in [0.25, 0.3) is 0 Å². The van der Waals surface area contributed by atoms with Crippen molar-refractivity contribution in [3.8, 4) is 55.6 Å². The lowest BCUT2D eigenvalue weighted by molar-refractivity contribution is 0.660. The molecule has 2 heterocycles. The number of benzene rings is 12. The molecule has 0 radical (unpaired) electrons. The highest BCUT2D eigenvalue weighted by Gasteiger charge is 2.38. The summed E-state index contributed by atoms with van der Waals surface area (Å²) >= 11 is 3.78. The Bertz CT molecular complexity index is 4710. The molecule has 0 amide bonds. The van der Waals surface area contributed by atoms with Crippen LogP contribution in [0.3, 0.4) is 0 Å². The summed E-state index contributed by atoms with van der Waals surface area (Å²) in [6, 6.07) is 95.8. The maximum atomic E-state index is 2.53. The molecule has 84 heavy (non-hydrogen) atoms. The van der Waals surface area contributed by atoms with Crippen LogP contribution in [0.1, 0.15) is 61.1 Å². The summed E-state index contributed by atoms with van der Waals surface area (Å²) in [5.41, 5.74) is 26.9. The number of para-hydroxylation sites is 2. The van der Waals surface area contributed by atoms with Gasteiger partial charge in [0.15, 0.2) is 0 Å². The monoisotopic (exact) mass is 1110 g/mol. The SMILES string of the molecule is Cc1cc(-c2ccc(N(c3ccc4c(c3)C(C)(C)c3ccccc3-4)c3ccccc3-c3cccc4c3sc3ccccc34)c(C)c2)ccc1N(c1ccc2c(c1)C(C)(C)c1ccccc1-2)c1ccccc1-c1cccc2c1sc1ccccc12. The van der Waals surface area contributed by atoms with E-state index >= 15 is 0 Å². The number of hydrogen-bond acceptors (Lipinski definition) is 4. The second-order valence-electron chi connectivity index (χ2n) is 24.1. The van der Waals surface area contributed by atoms with E-state index in [9.17, 15) is 0 Å². The van der Waals surface area contributed by atoms with Gasteiger partial charge in [-0.2, -0.15) is 0 Å². The van der Waals surface area contributed by atoms with Crippen LogP contribution < -0.4 is 9.80 Å². The Labute approximate surface area is 499 Å². The molecular formula is C80H60N2S2. The van der Waals surface area contributed by atoms with Crippen molar-refractivity contribution in [2.24, 2.45) is 0 Å². The van der Waals surface area contributed by atoms with E-state index < -0.39 is 0 Å². The normalized spacial score (nSPS) is 13.5. The van der Waals surface area contributed by atoms with E-state index in [1.807, 2.05) is 22.7 Å². The Morgan fingerprint density at radius 1 is 0.274 bits per heavy atom. The van der Waals surface area contributed by atoms with E-state index in [1.165, 1.54) is 129 Å². The van der Waals surface area contributed by atoms with Gasteiger partial charge < -0.3 is 9.80 Å². The molecule has 0 saturated heterocycles. The number of hydrogen-bond donors (Lipinski definition) is 0. The first-order chi connectivity index (χ1) is 41.0. The van der Waals surface area contributed by atoms with Gasteiger partial charge in [-0.3, -0.25) is 0 Å². The van der Waals surface area contributed by atoms with Gasteiger partial charge in [0.05, 0.1) is 11.4 Å². The van der Waals surface area contributed by atoms with Gasteiger partial charge in [0.1, 0.15) is 0 Å². The van der Waals surface area contributed by atoms with E-state index in [4.69, 9.17) is 0 Å². The van der Waals surface area contributed by atoms with Crippen molar-refractivity contribution < 1.29 is 0 Å². The minimum absolute atomic E-state index is 0.160. The smallest absolute Gasteiger partial charge is 0.0540 e. The summed E-state index contributed by atoms with van der Waals surface area (Å²) < 4.78 is 5.23. The molecule has 2 aliphatic carbocycles. The van der Waals surface area contributed by atoms with Crippen LogP contribution in [0.15, 0.2) is 255 Å². The first-order valence-corrected chi connectivity index (χ1v) is 30.9. The fourth-order valence-corrected chi connectivity index (χ4v) is 16.8. The predicted octanol–water partition coefficient (Wildman–Crippen LogP) is 23.6. The van der Waals surface area contributed by atoms with Crippen LogP contribution in [0, 0.1) is 13.8 Å². The molecule has 0 fully saturated rings. The first kappa shape index (κ1) is 50.4. The van der Waals surface area contributed by atoms with E-state index in [0.717, 1.165) is 34.1 Å². The summed E-state index contributed by atoms with van der Waals surface area (Å²) in [5, 5.41) is 5.21. The molecule has 0 spiro atoms. The van der Waals surface area contributed by atoms with E-state index in [1.54, 1.807) is 0 Å². The average Bonchev–Trinajstić information content (AvgIpc) is 3.89. The molecule has 0 bridgehead atoms. The molecule has 0 saturated carbocycles. The zero-order valence-corrected chi connectivity index (χ0v) is 49.6. The highest BCUT2D eigenvalue weighted by molar-refractivity contribution is 7.26. The molecule has 14 aromatic rings. The van der Waals surface area contributed by atoms with Crippen LogP contribution in [-0.4, -0.2) is 0 Å². The molecule has 4 heteroatoms. The third-order valence-corrected chi connectivity index (χ3v) is 21.0. The Hall–Kier alpha value is -9.32. The molecule has 0 unspecified atom stereocenters. The Morgan fingerprint density at radius 2 is 0.631 bits per heavy atom. The summed E-state index contributed by atoms with van der Waals surface area (Å²) in [6.07, 6.45) is 0. The van der Waals surface area contributed by atoms with E-state index in [0.29, 0.717) is 0 Å². The second kappa shape index (κ2) is 19.1. The zero-order chi connectivity index (χ0) is 56.6. The fourth-order valence-electron chi connectivity index (χ4n) is 14.4. The topological polar surface area (TPSA) is 6.48 Å². The lowest BCUT2D eigenvalue weighted by Gasteiger charge is -2.31. The molecule has 402 valence electrons. The van der Waals surface area contributed by atoms with Gasteiger partial charge >= 0.3 is 0 Å². The Kier molecular flexibility index (Phi) is 11.5. The van der Waals surface area contributed by atoms with Crippen LogP contribution in [-0.2, 0) is 10.8 Å². The molecular weight excluding hydrogens is 1050 g/mol. The standard InChI is InChI=1S/C80H60N2S2/c1-49-45-51(37-43-71(49)81(53-39-41-57-55-21-7-13-31-67(55)79(3,4)69(57)47-53)73-33-15-9-23-59(73)63-27-19-29-65-61-25-11-17-35-75(61)83-77(63)65)52-38-44-72(50(2)46-52)82(54-40-42-58-56-22-8-14-32-68(56)80(5,6)70(58)48-54)74-34-16-10-24-60(74)64-28-20-30-66-62-26-12-18-36-76(62)84-78(64)66/h7-48H,1-6H3. The third kappa shape index (κ3) is 7.67.